The summed E-state index contributed by atoms with van der Waals surface area (Å²) in [7, 11) is -2.36. The number of ether oxygens (including phenoxy) is 2. The molecular weight excluding hydrogens is 392 g/mol. The van der Waals surface area contributed by atoms with Gasteiger partial charge < -0.3 is 14.8 Å². The number of para-hydroxylation sites is 2. The molecule has 8 heteroatoms. The van der Waals surface area contributed by atoms with E-state index in [4.69, 9.17) is 9.47 Å². The molecule has 1 fully saturated rings. The van der Waals surface area contributed by atoms with Gasteiger partial charge in [0.05, 0.1) is 23.2 Å². The van der Waals surface area contributed by atoms with Crippen LogP contribution in [-0.2, 0) is 19.6 Å². The maximum Gasteiger partial charge on any atom is 0.243 e. The van der Waals surface area contributed by atoms with Crippen LogP contribution >= 0.6 is 0 Å². The van der Waals surface area contributed by atoms with Gasteiger partial charge in [0.1, 0.15) is 12.4 Å². The fourth-order valence-electron chi connectivity index (χ4n) is 3.07. The van der Waals surface area contributed by atoms with E-state index >= 15 is 0 Å². The smallest absolute Gasteiger partial charge is 0.243 e. The molecule has 0 aromatic heterocycles. The molecule has 1 heterocycles. The van der Waals surface area contributed by atoms with Gasteiger partial charge in [0, 0.05) is 13.7 Å². The summed E-state index contributed by atoms with van der Waals surface area (Å²) in [5.74, 6) is 0.0839. The number of amides is 1. The van der Waals surface area contributed by atoms with Gasteiger partial charge in [0.2, 0.25) is 15.9 Å². The molecule has 29 heavy (non-hydrogen) atoms. The summed E-state index contributed by atoms with van der Waals surface area (Å²) in [5.41, 5.74) is 0.499. The summed E-state index contributed by atoms with van der Waals surface area (Å²) in [4.78, 5) is 12.6. The summed E-state index contributed by atoms with van der Waals surface area (Å²) in [6, 6.07) is 15.1. The number of rotatable bonds is 8. The molecule has 1 unspecified atom stereocenters. The van der Waals surface area contributed by atoms with Gasteiger partial charge in [-0.2, -0.15) is 4.31 Å². The second kappa shape index (κ2) is 9.87. The van der Waals surface area contributed by atoms with E-state index in [2.05, 4.69) is 5.32 Å². The minimum atomic E-state index is -3.74. The third kappa shape index (κ3) is 5.79. The Labute approximate surface area is 171 Å². The van der Waals surface area contributed by atoms with Gasteiger partial charge in [-0.3, -0.25) is 4.79 Å². The highest BCUT2D eigenvalue weighted by Crippen LogP contribution is 2.25. The number of carbonyl (C=O) groups is 1. The number of sulfonamides is 1. The molecule has 2 aromatic rings. The van der Waals surface area contributed by atoms with Gasteiger partial charge in [-0.15, -0.1) is 0 Å². The Morgan fingerprint density at radius 2 is 1.86 bits per heavy atom. The van der Waals surface area contributed by atoms with Crippen LogP contribution in [-0.4, -0.2) is 51.5 Å². The van der Waals surface area contributed by atoms with Crippen LogP contribution in [0.4, 0.5) is 5.69 Å². The summed E-state index contributed by atoms with van der Waals surface area (Å²) in [6.07, 6.45) is 3.20. The van der Waals surface area contributed by atoms with E-state index in [1.165, 1.54) is 19.2 Å². The predicted molar refractivity (Wildman–Crippen MR) is 110 cm³/mol. The van der Waals surface area contributed by atoms with Crippen molar-refractivity contribution in [2.45, 2.75) is 30.3 Å². The molecule has 0 spiro atoms. The molecule has 1 amide bonds. The van der Waals surface area contributed by atoms with E-state index in [1.54, 1.807) is 36.4 Å². The molecular formula is C21H26N2O5S. The van der Waals surface area contributed by atoms with E-state index in [9.17, 15) is 13.2 Å². The maximum absolute atomic E-state index is 12.6. The van der Waals surface area contributed by atoms with Crippen LogP contribution in [0.25, 0.3) is 0 Å². The van der Waals surface area contributed by atoms with Crippen molar-refractivity contribution in [2.24, 2.45) is 0 Å². The lowest BCUT2D eigenvalue weighted by atomic mass is 10.1. The van der Waals surface area contributed by atoms with Crippen molar-refractivity contribution in [1.82, 2.24) is 4.31 Å². The molecule has 0 saturated carbocycles. The number of nitrogens with zero attached hydrogens (tertiary/aromatic N) is 1. The molecule has 1 saturated heterocycles. The van der Waals surface area contributed by atoms with Gasteiger partial charge in [-0.25, -0.2) is 8.42 Å². The zero-order valence-electron chi connectivity index (χ0n) is 16.4. The average Bonchev–Trinajstić information content (AvgIpc) is 2.74. The highest BCUT2D eigenvalue weighted by atomic mass is 32.2. The third-order valence-corrected chi connectivity index (χ3v) is 6.50. The Morgan fingerprint density at radius 1 is 1.14 bits per heavy atom. The first-order chi connectivity index (χ1) is 14.0. The van der Waals surface area contributed by atoms with E-state index in [0.29, 0.717) is 18.0 Å². The Hall–Kier alpha value is -2.42. The van der Waals surface area contributed by atoms with Gasteiger partial charge >= 0.3 is 0 Å². The molecule has 1 atom stereocenters. The van der Waals surface area contributed by atoms with Crippen molar-refractivity contribution in [3.63, 3.8) is 0 Å². The highest BCUT2D eigenvalue weighted by Gasteiger charge is 2.23. The van der Waals surface area contributed by atoms with E-state index in [1.807, 2.05) is 6.07 Å². The van der Waals surface area contributed by atoms with Crippen LogP contribution in [0.5, 0.6) is 5.75 Å². The number of nitrogens with one attached hydrogen (secondary N) is 1. The highest BCUT2D eigenvalue weighted by molar-refractivity contribution is 7.89. The van der Waals surface area contributed by atoms with E-state index in [0.717, 1.165) is 30.2 Å². The molecule has 2 aromatic carbocycles. The van der Waals surface area contributed by atoms with E-state index < -0.39 is 15.9 Å². The summed E-state index contributed by atoms with van der Waals surface area (Å²) < 4.78 is 37.7. The van der Waals surface area contributed by atoms with Gasteiger partial charge in [-0.05, 0) is 43.5 Å². The van der Waals surface area contributed by atoms with Crippen molar-refractivity contribution in [1.29, 1.82) is 0 Å². The van der Waals surface area contributed by atoms with Gasteiger partial charge in [0.25, 0.3) is 0 Å². The number of carbonyl (C=O) groups excluding carboxylic acids is 1. The molecule has 0 radical (unpaired) electrons. The van der Waals surface area contributed by atoms with Crippen molar-refractivity contribution in [3.8, 4) is 5.75 Å². The second-order valence-corrected chi connectivity index (χ2v) is 8.96. The summed E-state index contributed by atoms with van der Waals surface area (Å²) in [5, 5.41) is 2.74. The van der Waals surface area contributed by atoms with Crippen LogP contribution in [0.3, 0.4) is 0 Å². The Kier molecular flexibility index (Phi) is 7.24. The van der Waals surface area contributed by atoms with E-state index in [-0.39, 0.29) is 17.5 Å². The molecule has 0 aliphatic carbocycles. The molecule has 7 nitrogen and oxygen atoms in total. The quantitative estimate of drug-likeness (QED) is 0.713. The normalized spacial score (nSPS) is 17.1. The molecule has 1 aliphatic rings. The Balaban J connectivity index is 1.60. The lowest BCUT2D eigenvalue weighted by Crippen LogP contribution is -2.35. The van der Waals surface area contributed by atoms with Crippen LogP contribution in [0.2, 0.25) is 0 Å². The SMILES string of the molecule is CN(CC(=O)Nc1ccccc1OCC1CCCCO1)S(=O)(=O)c1ccccc1. The van der Waals surface area contributed by atoms with Crippen molar-refractivity contribution in [2.75, 3.05) is 32.1 Å². The van der Waals surface area contributed by atoms with Crippen molar-refractivity contribution < 1.29 is 22.7 Å². The van der Waals surface area contributed by atoms with Crippen LogP contribution in [0.1, 0.15) is 19.3 Å². The maximum atomic E-state index is 12.6. The number of hydrogen-bond donors (Lipinski definition) is 1. The second-order valence-electron chi connectivity index (χ2n) is 6.92. The first kappa shape index (κ1) is 21.3. The Morgan fingerprint density at radius 3 is 2.59 bits per heavy atom. The molecule has 1 N–H and O–H groups in total. The topological polar surface area (TPSA) is 84.9 Å². The average molecular weight is 419 g/mol. The first-order valence-corrected chi connectivity index (χ1v) is 11.1. The fourth-order valence-corrected chi connectivity index (χ4v) is 4.21. The minimum absolute atomic E-state index is 0.0506. The summed E-state index contributed by atoms with van der Waals surface area (Å²) >= 11 is 0. The van der Waals surface area contributed by atoms with Crippen molar-refractivity contribution >= 4 is 21.6 Å². The third-order valence-electron chi connectivity index (χ3n) is 4.68. The zero-order valence-corrected chi connectivity index (χ0v) is 17.2. The van der Waals surface area contributed by atoms with Crippen LogP contribution < -0.4 is 10.1 Å². The number of benzene rings is 2. The largest absolute Gasteiger partial charge is 0.489 e. The molecule has 1 aliphatic heterocycles. The molecule has 156 valence electrons. The number of hydrogen-bond acceptors (Lipinski definition) is 5. The lowest BCUT2D eigenvalue weighted by Gasteiger charge is -2.23. The lowest BCUT2D eigenvalue weighted by molar-refractivity contribution is -0.116. The van der Waals surface area contributed by atoms with Gasteiger partial charge in [-0.1, -0.05) is 30.3 Å². The van der Waals surface area contributed by atoms with Crippen molar-refractivity contribution in [3.05, 3.63) is 54.6 Å². The first-order valence-electron chi connectivity index (χ1n) is 9.61. The summed E-state index contributed by atoms with van der Waals surface area (Å²) in [6.45, 7) is 0.848. The van der Waals surface area contributed by atoms with Crippen LogP contribution in [0, 0.1) is 0 Å². The fraction of sp³-hybridized carbons (Fsp3) is 0.381. The number of anilines is 1. The zero-order chi connectivity index (χ0) is 20.7. The van der Waals surface area contributed by atoms with Crippen LogP contribution in [0.15, 0.2) is 59.5 Å². The predicted octanol–water partition coefficient (Wildman–Crippen LogP) is 2.89. The Bertz CT molecular complexity index is 912. The van der Waals surface area contributed by atoms with Gasteiger partial charge in [0.15, 0.2) is 0 Å². The molecule has 0 bridgehead atoms. The number of likely N-dealkylation sites (N-methyl/N-ethyl adjacent to an activating group) is 1. The minimum Gasteiger partial charge on any atom is -0.489 e. The molecule has 3 rings (SSSR count). The standard InChI is InChI=1S/C21H26N2O5S/c1-23(29(25,26)18-10-3-2-4-11-18)15-21(24)22-19-12-5-6-13-20(19)28-16-17-9-7-8-14-27-17/h2-6,10-13,17H,7-9,14-16H2,1H3,(H,22,24). The monoisotopic (exact) mass is 418 g/mol.